The molecule has 2 rings (SSSR count). The molecule has 0 saturated heterocycles. The summed E-state index contributed by atoms with van der Waals surface area (Å²) in [7, 11) is 0. The SMILES string of the molecule is CCCNCc1ccc(Sc2nc(C)cc(C)n2)cc1C. The first-order valence-electron chi connectivity index (χ1n) is 7.39. The van der Waals surface area contributed by atoms with Crippen LogP contribution in [-0.2, 0) is 6.54 Å². The van der Waals surface area contributed by atoms with Gasteiger partial charge in [-0.25, -0.2) is 9.97 Å². The van der Waals surface area contributed by atoms with Crippen molar-refractivity contribution in [3.63, 3.8) is 0 Å². The molecule has 0 aliphatic rings. The lowest BCUT2D eigenvalue weighted by Crippen LogP contribution is -2.14. The van der Waals surface area contributed by atoms with Gasteiger partial charge in [0.05, 0.1) is 0 Å². The van der Waals surface area contributed by atoms with Gasteiger partial charge < -0.3 is 5.32 Å². The molecule has 0 atom stereocenters. The van der Waals surface area contributed by atoms with Gasteiger partial charge in [-0.1, -0.05) is 13.0 Å². The maximum Gasteiger partial charge on any atom is 0.192 e. The monoisotopic (exact) mass is 301 g/mol. The molecule has 0 saturated carbocycles. The van der Waals surface area contributed by atoms with Crippen LogP contribution >= 0.6 is 11.8 Å². The summed E-state index contributed by atoms with van der Waals surface area (Å²) in [6.45, 7) is 10.4. The molecule has 1 heterocycles. The fourth-order valence-electron chi connectivity index (χ4n) is 2.17. The van der Waals surface area contributed by atoms with Gasteiger partial charge in [0.2, 0.25) is 0 Å². The second-order valence-corrected chi connectivity index (χ2v) is 6.34. The molecule has 0 fully saturated rings. The standard InChI is InChI=1S/C17H23N3S/c1-5-8-18-11-15-6-7-16(9-12(15)2)21-17-19-13(3)10-14(4)20-17/h6-7,9-10,18H,5,8,11H2,1-4H3. The molecule has 4 heteroatoms. The second kappa shape index (κ2) is 7.57. The Morgan fingerprint density at radius 1 is 1.05 bits per heavy atom. The van der Waals surface area contributed by atoms with Crippen LogP contribution in [0.15, 0.2) is 34.3 Å². The molecular weight excluding hydrogens is 278 g/mol. The molecule has 0 radical (unpaired) electrons. The highest BCUT2D eigenvalue weighted by molar-refractivity contribution is 7.99. The van der Waals surface area contributed by atoms with Crippen molar-refractivity contribution in [2.75, 3.05) is 6.54 Å². The average molecular weight is 301 g/mol. The number of benzene rings is 1. The van der Waals surface area contributed by atoms with E-state index in [2.05, 4.69) is 47.3 Å². The van der Waals surface area contributed by atoms with Crippen molar-refractivity contribution in [1.29, 1.82) is 0 Å². The molecule has 0 unspecified atom stereocenters. The van der Waals surface area contributed by atoms with Crippen LogP contribution < -0.4 is 5.32 Å². The fourth-order valence-corrected chi connectivity index (χ4v) is 3.14. The minimum atomic E-state index is 0.823. The Bertz CT molecular complexity index is 591. The van der Waals surface area contributed by atoms with Gasteiger partial charge in [0.1, 0.15) is 0 Å². The highest BCUT2D eigenvalue weighted by Gasteiger charge is 2.05. The number of hydrogen-bond acceptors (Lipinski definition) is 4. The van der Waals surface area contributed by atoms with Gasteiger partial charge >= 0.3 is 0 Å². The van der Waals surface area contributed by atoms with E-state index < -0.39 is 0 Å². The predicted molar refractivity (Wildman–Crippen MR) is 88.8 cm³/mol. The van der Waals surface area contributed by atoms with E-state index in [-0.39, 0.29) is 0 Å². The Morgan fingerprint density at radius 2 is 1.76 bits per heavy atom. The summed E-state index contributed by atoms with van der Waals surface area (Å²) in [5, 5.41) is 4.27. The summed E-state index contributed by atoms with van der Waals surface area (Å²) in [6, 6.07) is 8.57. The lowest BCUT2D eigenvalue weighted by molar-refractivity contribution is 0.673. The molecule has 0 aliphatic carbocycles. The molecule has 0 aliphatic heterocycles. The normalized spacial score (nSPS) is 10.9. The first kappa shape index (κ1) is 16.0. The number of rotatable bonds is 6. The topological polar surface area (TPSA) is 37.8 Å². The van der Waals surface area contributed by atoms with E-state index in [9.17, 15) is 0 Å². The molecule has 0 spiro atoms. The van der Waals surface area contributed by atoms with Crippen LogP contribution in [0.3, 0.4) is 0 Å². The van der Waals surface area contributed by atoms with Gasteiger partial charge in [-0.15, -0.1) is 0 Å². The van der Waals surface area contributed by atoms with Crippen LogP contribution in [0.5, 0.6) is 0 Å². The lowest BCUT2D eigenvalue weighted by atomic mass is 10.1. The van der Waals surface area contributed by atoms with Gasteiger partial charge in [-0.2, -0.15) is 0 Å². The Hall–Kier alpha value is -1.39. The zero-order valence-corrected chi connectivity index (χ0v) is 14.0. The van der Waals surface area contributed by atoms with E-state index in [1.807, 2.05) is 19.9 Å². The van der Waals surface area contributed by atoms with Gasteiger partial charge in [-0.3, -0.25) is 0 Å². The van der Waals surface area contributed by atoms with Crippen molar-refractivity contribution in [3.8, 4) is 0 Å². The molecule has 2 aromatic rings. The molecule has 1 aromatic heterocycles. The van der Waals surface area contributed by atoms with Crippen LogP contribution in [-0.4, -0.2) is 16.5 Å². The van der Waals surface area contributed by atoms with Crippen molar-refractivity contribution in [1.82, 2.24) is 15.3 Å². The highest BCUT2D eigenvalue weighted by Crippen LogP contribution is 2.26. The van der Waals surface area contributed by atoms with Gasteiger partial charge in [0, 0.05) is 22.8 Å². The van der Waals surface area contributed by atoms with E-state index in [1.54, 1.807) is 11.8 Å². The number of aryl methyl sites for hydroxylation is 3. The molecule has 112 valence electrons. The summed E-state index contributed by atoms with van der Waals surface area (Å²) in [6.07, 6.45) is 1.16. The molecule has 21 heavy (non-hydrogen) atoms. The maximum absolute atomic E-state index is 4.48. The highest BCUT2D eigenvalue weighted by atomic mass is 32.2. The first-order chi connectivity index (χ1) is 10.1. The van der Waals surface area contributed by atoms with Crippen LogP contribution in [0.1, 0.15) is 35.9 Å². The maximum atomic E-state index is 4.48. The predicted octanol–water partition coefficient (Wildman–Crippen LogP) is 4.05. The second-order valence-electron chi connectivity index (χ2n) is 5.30. The Labute approximate surface area is 131 Å². The van der Waals surface area contributed by atoms with Crippen molar-refractivity contribution in [2.45, 2.75) is 50.7 Å². The van der Waals surface area contributed by atoms with E-state index in [0.717, 1.165) is 36.1 Å². The van der Waals surface area contributed by atoms with Crippen molar-refractivity contribution in [2.24, 2.45) is 0 Å². The minimum Gasteiger partial charge on any atom is -0.313 e. The van der Waals surface area contributed by atoms with Gasteiger partial charge in [0.25, 0.3) is 0 Å². The third kappa shape index (κ3) is 4.83. The van der Waals surface area contributed by atoms with Gasteiger partial charge in [0.15, 0.2) is 5.16 Å². The third-order valence-corrected chi connectivity index (χ3v) is 4.08. The third-order valence-electron chi connectivity index (χ3n) is 3.23. The van der Waals surface area contributed by atoms with Crippen molar-refractivity contribution >= 4 is 11.8 Å². The van der Waals surface area contributed by atoms with Crippen molar-refractivity contribution in [3.05, 3.63) is 46.8 Å². The Kier molecular flexibility index (Phi) is 5.76. The number of nitrogens with one attached hydrogen (secondary N) is 1. The van der Waals surface area contributed by atoms with Crippen LogP contribution in [0.2, 0.25) is 0 Å². The van der Waals surface area contributed by atoms with Gasteiger partial charge in [-0.05, 0) is 74.8 Å². The van der Waals surface area contributed by atoms with E-state index >= 15 is 0 Å². The zero-order chi connectivity index (χ0) is 15.2. The van der Waals surface area contributed by atoms with E-state index in [1.165, 1.54) is 16.0 Å². The molecule has 1 N–H and O–H groups in total. The summed E-state index contributed by atoms with van der Waals surface area (Å²) in [4.78, 5) is 10.2. The summed E-state index contributed by atoms with van der Waals surface area (Å²) >= 11 is 1.62. The summed E-state index contributed by atoms with van der Waals surface area (Å²) < 4.78 is 0. The lowest BCUT2D eigenvalue weighted by Gasteiger charge is -2.09. The number of aromatic nitrogens is 2. The van der Waals surface area contributed by atoms with Crippen LogP contribution in [0.4, 0.5) is 0 Å². The largest absolute Gasteiger partial charge is 0.313 e. The number of hydrogen-bond donors (Lipinski definition) is 1. The molecule has 0 bridgehead atoms. The van der Waals surface area contributed by atoms with Crippen molar-refractivity contribution < 1.29 is 0 Å². The number of nitrogens with zero attached hydrogens (tertiary/aromatic N) is 2. The smallest absolute Gasteiger partial charge is 0.192 e. The first-order valence-corrected chi connectivity index (χ1v) is 8.20. The van der Waals surface area contributed by atoms with Crippen LogP contribution in [0, 0.1) is 20.8 Å². The molecule has 3 nitrogen and oxygen atoms in total. The summed E-state index contributed by atoms with van der Waals surface area (Å²) in [5.74, 6) is 0. The molecule has 1 aromatic carbocycles. The quantitative estimate of drug-likeness (QED) is 0.645. The zero-order valence-electron chi connectivity index (χ0n) is 13.2. The van der Waals surface area contributed by atoms with Crippen LogP contribution in [0.25, 0.3) is 0 Å². The molecular formula is C17H23N3S. The summed E-state index contributed by atoms with van der Waals surface area (Å²) in [5.41, 5.74) is 4.70. The van der Waals surface area contributed by atoms with E-state index in [4.69, 9.17) is 0 Å². The fraction of sp³-hybridized carbons (Fsp3) is 0.412. The average Bonchev–Trinajstić information content (AvgIpc) is 2.40. The molecule has 0 amide bonds. The van der Waals surface area contributed by atoms with E-state index in [0.29, 0.717) is 0 Å². The Balaban J connectivity index is 2.09. The minimum absolute atomic E-state index is 0.823. The Morgan fingerprint density at radius 3 is 2.38 bits per heavy atom.